The fraction of sp³-hybridized carbons (Fsp3) is 0.269. The highest BCUT2D eigenvalue weighted by Gasteiger charge is 2.31. The van der Waals surface area contributed by atoms with Gasteiger partial charge in [-0.1, -0.05) is 33.8 Å². The molecule has 1 aromatic heterocycles. The van der Waals surface area contributed by atoms with Crippen LogP contribution in [-0.2, 0) is 17.0 Å². The lowest BCUT2D eigenvalue weighted by Gasteiger charge is -2.17. The Labute approximate surface area is 205 Å². The zero-order valence-electron chi connectivity index (χ0n) is 20.4. The van der Waals surface area contributed by atoms with Crippen molar-refractivity contribution < 1.29 is 22.2 Å². The summed E-state index contributed by atoms with van der Waals surface area (Å²) >= 11 is 0. The van der Waals surface area contributed by atoms with Crippen molar-refractivity contribution >= 4 is 16.6 Å². The van der Waals surface area contributed by atoms with Gasteiger partial charge in [-0.25, -0.2) is 4.21 Å². The molecule has 35 heavy (non-hydrogen) atoms. The van der Waals surface area contributed by atoms with Crippen LogP contribution in [0.3, 0.4) is 0 Å². The molecule has 0 saturated heterocycles. The molecular weight excluding hydrogens is 477 g/mol. The van der Waals surface area contributed by atoms with Crippen LogP contribution < -0.4 is 5.56 Å². The standard InChI is InChI=1S/C22H15F3N2O3S.2C2H6/c1-13-20(31(30)18-8-6-15(12-26)7-9-18)11-19(14(2)28)21(29)27(13)17-5-3-4-16(10-17)22(23,24)25;2*1-2/h3-11H,1-2H3;2*1-2H3. The summed E-state index contributed by atoms with van der Waals surface area (Å²) in [4.78, 5) is 25.4. The number of alkyl halides is 3. The average Bonchev–Trinajstić information content (AvgIpc) is 2.86. The van der Waals surface area contributed by atoms with Crippen LogP contribution >= 0.6 is 0 Å². The van der Waals surface area contributed by atoms with Gasteiger partial charge in [-0.3, -0.25) is 14.2 Å². The summed E-state index contributed by atoms with van der Waals surface area (Å²) in [6.07, 6.45) is -4.63. The second-order valence-corrected chi connectivity index (χ2v) is 8.11. The first-order chi connectivity index (χ1) is 16.5. The number of hydrogen-bond donors (Lipinski definition) is 0. The van der Waals surface area contributed by atoms with Gasteiger partial charge in [-0.05, 0) is 62.4 Å². The average molecular weight is 505 g/mol. The molecule has 0 spiro atoms. The number of nitrogens with zero attached hydrogens (tertiary/aromatic N) is 2. The first-order valence-electron chi connectivity index (χ1n) is 10.9. The number of nitriles is 1. The summed E-state index contributed by atoms with van der Waals surface area (Å²) in [5.41, 5.74) is -1.66. The maximum absolute atomic E-state index is 13.2. The number of Topliss-reactive ketones (excluding diaryl/α,β-unsaturated/α-hetero) is 1. The van der Waals surface area contributed by atoms with Crippen LogP contribution in [0.2, 0.25) is 0 Å². The molecule has 2 aromatic carbocycles. The van der Waals surface area contributed by atoms with Gasteiger partial charge < -0.3 is 0 Å². The Kier molecular flexibility index (Phi) is 10.8. The highest BCUT2D eigenvalue weighted by Crippen LogP contribution is 2.31. The van der Waals surface area contributed by atoms with Gasteiger partial charge in [0, 0.05) is 16.3 Å². The molecule has 0 aliphatic rings. The highest BCUT2D eigenvalue weighted by molar-refractivity contribution is 7.85. The molecule has 0 N–H and O–H groups in total. The van der Waals surface area contributed by atoms with Gasteiger partial charge in [-0.15, -0.1) is 0 Å². The first-order valence-corrected chi connectivity index (χ1v) is 12.1. The Morgan fingerprint density at radius 1 is 1.00 bits per heavy atom. The number of carbonyl (C=O) groups excluding carboxylic acids is 1. The van der Waals surface area contributed by atoms with E-state index in [2.05, 4.69) is 0 Å². The Hall–Kier alpha value is -3.51. The van der Waals surface area contributed by atoms with Crippen molar-refractivity contribution in [3.63, 3.8) is 0 Å². The second-order valence-electron chi connectivity index (χ2n) is 6.66. The van der Waals surface area contributed by atoms with Crippen LogP contribution in [0.4, 0.5) is 13.2 Å². The molecule has 0 fully saturated rings. The lowest BCUT2D eigenvalue weighted by atomic mass is 10.1. The largest absolute Gasteiger partial charge is 0.416 e. The predicted molar refractivity (Wildman–Crippen MR) is 130 cm³/mol. The fourth-order valence-electron chi connectivity index (χ4n) is 3.03. The second kappa shape index (κ2) is 12.8. The number of carbonyl (C=O) groups is 1. The van der Waals surface area contributed by atoms with Crippen LogP contribution in [0, 0.1) is 18.3 Å². The van der Waals surface area contributed by atoms with Gasteiger partial charge in [0.15, 0.2) is 5.78 Å². The lowest BCUT2D eigenvalue weighted by molar-refractivity contribution is -0.137. The molecule has 0 aliphatic heterocycles. The van der Waals surface area contributed by atoms with E-state index in [0.717, 1.165) is 29.7 Å². The lowest BCUT2D eigenvalue weighted by Crippen LogP contribution is -2.28. The summed E-state index contributed by atoms with van der Waals surface area (Å²) in [6, 6.07) is 13.2. The van der Waals surface area contributed by atoms with E-state index < -0.39 is 33.9 Å². The van der Waals surface area contributed by atoms with E-state index in [1.807, 2.05) is 33.8 Å². The number of ketones is 1. The van der Waals surface area contributed by atoms with Crippen molar-refractivity contribution in [3.05, 3.63) is 87.3 Å². The topological polar surface area (TPSA) is 79.9 Å². The van der Waals surface area contributed by atoms with E-state index in [1.54, 1.807) is 0 Å². The number of rotatable bonds is 4. The predicted octanol–water partition coefficient (Wildman–Crippen LogP) is 6.46. The molecule has 5 nitrogen and oxygen atoms in total. The molecule has 3 aromatic rings. The normalized spacial score (nSPS) is 11.2. The van der Waals surface area contributed by atoms with Crippen molar-refractivity contribution in [2.45, 2.75) is 57.5 Å². The van der Waals surface area contributed by atoms with E-state index in [4.69, 9.17) is 5.26 Å². The number of benzene rings is 2. The zero-order chi connectivity index (χ0) is 26.9. The van der Waals surface area contributed by atoms with Gasteiger partial charge in [-0.2, -0.15) is 18.4 Å². The summed E-state index contributed by atoms with van der Waals surface area (Å²) in [7, 11) is -1.85. The third-order valence-electron chi connectivity index (χ3n) is 4.61. The monoisotopic (exact) mass is 504 g/mol. The molecule has 0 saturated carbocycles. The Bertz CT molecular complexity index is 1310. The summed E-state index contributed by atoms with van der Waals surface area (Å²) < 4.78 is 53.7. The quantitative estimate of drug-likeness (QED) is 0.382. The van der Waals surface area contributed by atoms with Gasteiger partial charge in [0.2, 0.25) is 0 Å². The Balaban J connectivity index is 0.00000145. The van der Waals surface area contributed by atoms with E-state index in [-0.39, 0.29) is 21.8 Å². The minimum Gasteiger partial charge on any atom is -0.294 e. The molecule has 1 heterocycles. The SMILES string of the molecule is CC.CC.CC(=O)c1cc(S(=O)c2ccc(C#N)cc2)c(C)n(-c2cccc(C(F)(F)F)c2)c1=O. The van der Waals surface area contributed by atoms with Crippen molar-refractivity contribution in [1.82, 2.24) is 4.57 Å². The van der Waals surface area contributed by atoms with Crippen LogP contribution in [0.1, 0.15) is 61.8 Å². The maximum Gasteiger partial charge on any atom is 0.416 e. The summed E-state index contributed by atoms with van der Waals surface area (Å²) in [5.74, 6) is -0.608. The highest BCUT2D eigenvalue weighted by atomic mass is 32.2. The van der Waals surface area contributed by atoms with Crippen LogP contribution in [0.5, 0.6) is 0 Å². The molecular formula is C26H27F3N2O3S. The van der Waals surface area contributed by atoms with Crippen molar-refractivity contribution in [2.75, 3.05) is 0 Å². The van der Waals surface area contributed by atoms with Crippen LogP contribution in [-0.4, -0.2) is 14.6 Å². The number of pyridine rings is 1. The molecule has 9 heteroatoms. The van der Waals surface area contributed by atoms with E-state index in [1.165, 1.54) is 43.3 Å². The molecule has 1 unspecified atom stereocenters. The Morgan fingerprint density at radius 3 is 2.06 bits per heavy atom. The number of hydrogen-bond acceptors (Lipinski definition) is 4. The maximum atomic E-state index is 13.2. The smallest absolute Gasteiger partial charge is 0.294 e. The number of aromatic nitrogens is 1. The first kappa shape index (κ1) is 29.5. The zero-order valence-corrected chi connectivity index (χ0v) is 21.2. The summed E-state index contributed by atoms with van der Waals surface area (Å²) in [6.45, 7) is 10.6. The van der Waals surface area contributed by atoms with E-state index in [0.29, 0.717) is 10.5 Å². The van der Waals surface area contributed by atoms with Crippen molar-refractivity contribution in [3.8, 4) is 11.8 Å². The van der Waals surface area contributed by atoms with Crippen molar-refractivity contribution in [2.24, 2.45) is 0 Å². The summed E-state index contributed by atoms with van der Waals surface area (Å²) in [5, 5.41) is 8.92. The van der Waals surface area contributed by atoms with Gasteiger partial charge >= 0.3 is 6.18 Å². The molecule has 0 bridgehead atoms. The molecule has 0 aliphatic carbocycles. The number of halogens is 3. The minimum absolute atomic E-state index is 0.0986. The third kappa shape index (κ3) is 6.76. The van der Waals surface area contributed by atoms with Gasteiger partial charge in [0.1, 0.15) is 0 Å². The Morgan fingerprint density at radius 2 is 1.57 bits per heavy atom. The van der Waals surface area contributed by atoms with Gasteiger partial charge in [0.05, 0.1) is 38.5 Å². The fourth-order valence-corrected chi connectivity index (χ4v) is 4.25. The van der Waals surface area contributed by atoms with Crippen molar-refractivity contribution in [1.29, 1.82) is 5.26 Å². The molecule has 0 amide bonds. The third-order valence-corrected chi connectivity index (χ3v) is 6.12. The van der Waals surface area contributed by atoms with E-state index >= 15 is 0 Å². The van der Waals surface area contributed by atoms with Crippen LogP contribution in [0.15, 0.2) is 69.2 Å². The van der Waals surface area contributed by atoms with E-state index in [9.17, 15) is 27.0 Å². The molecule has 0 radical (unpaired) electrons. The van der Waals surface area contributed by atoms with Crippen LogP contribution in [0.25, 0.3) is 5.69 Å². The molecule has 1 atom stereocenters. The minimum atomic E-state index is -4.63. The van der Waals surface area contributed by atoms with Gasteiger partial charge in [0.25, 0.3) is 5.56 Å². The molecule has 186 valence electrons. The molecule has 3 rings (SSSR count).